The molecule has 1 N–H and O–H groups in total. The predicted octanol–water partition coefficient (Wildman–Crippen LogP) is 3.94. The van der Waals surface area contributed by atoms with Crippen LogP contribution in [0.4, 0.5) is 5.69 Å². The molecule has 19 heavy (non-hydrogen) atoms. The van der Waals surface area contributed by atoms with Gasteiger partial charge in [0, 0.05) is 12.1 Å². The van der Waals surface area contributed by atoms with E-state index in [0.29, 0.717) is 12.0 Å². The molecule has 0 heterocycles. The summed E-state index contributed by atoms with van der Waals surface area (Å²) in [5.74, 6) is 3.24. The van der Waals surface area contributed by atoms with Crippen molar-refractivity contribution in [2.45, 2.75) is 39.2 Å². The van der Waals surface area contributed by atoms with E-state index in [9.17, 15) is 0 Å². The fraction of sp³-hybridized carbons (Fsp3) is 0.625. The van der Waals surface area contributed by atoms with E-state index in [2.05, 4.69) is 19.2 Å². The van der Waals surface area contributed by atoms with Crippen LogP contribution in [0, 0.1) is 11.8 Å². The second-order valence-corrected chi connectivity index (χ2v) is 5.71. The Labute approximate surface area is 116 Å². The smallest absolute Gasteiger partial charge is 0.145 e. The molecule has 1 aromatic carbocycles. The molecular formula is C16H25NO2. The zero-order valence-electron chi connectivity index (χ0n) is 12.4. The molecule has 1 aliphatic carbocycles. The van der Waals surface area contributed by atoms with Crippen LogP contribution in [0.25, 0.3) is 0 Å². The maximum absolute atomic E-state index is 5.44. The maximum Gasteiger partial charge on any atom is 0.145 e. The van der Waals surface area contributed by atoms with E-state index in [4.69, 9.17) is 9.47 Å². The Balaban J connectivity index is 2.10. The van der Waals surface area contributed by atoms with Gasteiger partial charge in [-0.05, 0) is 43.2 Å². The van der Waals surface area contributed by atoms with E-state index < -0.39 is 0 Å². The molecule has 0 spiro atoms. The molecule has 106 valence electrons. The number of anilines is 1. The number of hydrogen-bond acceptors (Lipinski definition) is 3. The number of ether oxygens (including phenoxy) is 2. The molecule has 0 amide bonds. The SMILES string of the molecule is COc1ccc(NC2CCC(C)CC2C)c(OC)c1. The first-order valence-corrected chi connectivity index (χ1v) is 7.12. The van der Waals surface area contributed by atoms with Gasteiger partial charge in [-0.1, -0.05) is 13.8 Å². The highest BCUT2D eigenvalue weighted by Crippen LogP contribution is 2.34. The third kappa shape index (κ3) is 3.34. The Morgan fingerprint density at radius 1 is 1.11 bits per heavy atom. The minimum Gasteiger partial charge on any atom is -0.497 e. The monoisotopic (exact) mass is 263 g/mol. The highest BCUT2D eigenvalue weighted by molar-refractivity contribution is 5.59. The summed E-state index contributed by atoms with van der Waals surface area (Å²) >= 11 is 0. The van der Waals surface area contributed by atoms with Crippen LogP contribution in [0.15, 0.2) is 18.2 Å². The summed E-state index contributed by atoms with van der Waals surface area (Å²) in [6.07, 6.45) is 3.84. The lowest BCUT2D eigenvalue weighted by Crippen LogP contribution is -2.33. The minimum atomic E-state index is 0.540. The number of rotatable bonds is 4. The Morgan fingerprint density at radius 2 is 1.89 bits per heavy atom. The van der Waals surface area contributed by atoms with Gasteiger partial charge in [0.2, 0.25) is 0 Å². The molecule has 1 aliphatic rings. The molecule has 1 saturated carbocycles. The van der Waals surface area contributed by atoms with E-state index in [-0.39, 0.29) is 0 Å². The number of benzene rings is 1. The summed E-state index contributed by atoms with van der Waals surface area (Å²) in [7, 11) is 3.37. The highest BCUT2D eigenvalue weighted by Gasteiger charge is 2.25. The van der Waals surface area contributed by atoms with Crippen LogP contribution in [0.2, 0.25) is 0 Å². The molecule has 0 radical (unpaired) electrons. The molecule has 0 aliphatic heterocycles. The quantitative estimate of drug-likeness (QED) is 0.892. The molecule has 3 heteroatoms. The third-order valence-corrected chi connectivity index (χ3v) is 4.18. The zero-order valence-corrected chi connectivity index (χ0v) is 12.4. The van der Waals surface area contributed by atoms with Gasteiger partial charge in [-0.15, -0.1) is 0 Å². The van der Waals surface area contributed by atoms with Crippen molar-refractivity contribution < 1.29 is 9.47 Å². The first-order valence-electron chi connectivity index (χ1n) is 7.12. The van der Waals surface area contributed by atoms with E-state index in [1.54, 1.807) is 14.2 Å². The van der Waals surface area contributed by atoms with Gasteiger partial charge in [0.1, 0.15) is 11.5 Å². The Kier molecular flexibility index (Phi) is 4.56. The van der Waals surface area contributed by atoms with Crippen molar-refractivity contribution >= 4 is 5.69 Å². The van der Waals surface area contributed by atoms with Crippen LogP contribution in [0.3, 0.4) is 0 Å². The standard InChI is InChI=1S/C16H25NO2/c1-11-5-7-14(12(2)9-11)17-15-8-6-13(18-3)10-16(15)19-4/h6,8,10-12,14,17H,5,7,9H2,1-4H3. The molecule has 0 saturated heterocycles. The molecular weight excluding hydrogens is 238 g/mol. The fourth-order valence-corrected chi connectivity index (χ4v) is 3.00. The van der Waals surface area contributed by atoms with Crippen molar-refractivity contribution in [3.05, 3.63) is 18.2 Å². The van der Waals surface area contributed by atoms with E-state index >= 15 is 0 Å². The topological polar surface area (TPSA) is 30.5 Å². The number of nitrogens with one attached hydrogen (secondary N) is 1. The van der Waals surface area contributed by atoms with Gasteiger partial charge in [-0.2, -0.15) is 0 Å². The predicted molar refractivity (Wildman–Crippen MR) is 79.1 cm³/mol. The second-order valence-electron chi connectivity index (χ2n) is 5.71. The van der Waals surface area contributed by atoms with E-state index in [1.165, 1.54) is 19.3 Å². The van der Waals surface area contributed by atoms with Crippen molar-refractivity contribution in [1.82, 2.24) is 0 Å². The molecule has 3 atom stereocenters. The molecule has 1 aromatic rings. The molecule has 0 aromatic heterocycles. The van der Waals surface area contributed by atoms with Gasteiger partial charge >= 0.3 is 0 Å². The van der Waals surface area contributed by atoms with Gasteiger partial charge in [0.15, 0.2) is 0 Å². The van der Waals surface area contributed by atoms with Gasteiger partial charge in [-0.3, -0.25) is 0 Å². The largest absolute Gasteiger partial charge is 0.497 e. The number of methoxy groups -OCH3 is 2. The van der Waals surface area contributed by atoms with Crippen molar-refractivity contribution in [3.8, 4) is 11.5 Å². The second kappa shape index (κ2) is 6.18. The molecule has 3 nitrogen and oxygen atoms in total. The third-order valence-electron chi connectivity index (χ3n) is 4.18. The average molecular weight is 263 g/mol. The summed E-state index contributed by atoms with van der Waals surface area (Å²) in [6.45, 7) is 4.68. The molecule has 3 unspecified atom stereocenters. The van der Waals surface area contributed by atoms with Crippen LogP contribution >= 0.6 is 0 Å². The van der Waals surface area contributed by atoms with Crippen molar-refractivity contribution in [2.75, 3.05) is 19.5 Å². The van der Waals surface area contributed by atoms with E-state index in [1.807, 2.05) is 18.2 Å². The first kappa shape index (κ1) is 14.0. The van der Waals surface area contributed by atoms with Crippen LogP contribution in [-0.2, 0) is 0 Å². The van der Waals surface area contributed by atoms with Crippen LogP contribution in [-0.4, -0.2) is 20.3 Å². The van der Waals surface area contributed by atoms with Gasteiger partial charge in [-0.25, -0.2) is 0 Å². The van der Waals surface area contributed by atoms with Gasteiger partial charge < -0.3 is 14.8 Å². The summed E-state index contributed by atoms with van der Waals surface area (Å²) in [5, 5.41) is 3.64. The van der Waals surface area contributed by atoms with Crippen molar-refractivity contribution in [3.63, 3.8) is 0 Å². The maximum atomic E-state index is 5.44. The fourth-order valence-electron chi connectivity index (χ4n) is 3.00. The summed E-state index contributed by atoms with van der Waals surface area (Å²) in [6, 6.07) is 6.49. The molecule has 2 rings (SSSR count). The summed E-state index contributed by atoms with van der Waals surface area (Å²) in [4.78, 5) is 0. The summed E-state index contributed by atoms with van der Waals surface area (Å²) in [5.41, 5.74) is 1.06. The Bertz CT molecular complexity index is 419. The van der Waals surface area contributed by atoms with E-state index in [0.717, 1.165) is 23.1 Å². The van der Waals surface area contributed by atoms with Gasteiger partial charge in [0.25, 0.3) is 0 Å². The molecule has 0 bridgehead atoms. The number of hydrogen-bond donors (Lipinski definition) is 1. The lowest BCUT2D eigenvalue weighted by molar-refractivity contribution is 0.276. The van der Waals surface area contributed by atoms with Crippen LogP contribution < -0.4 is 14.8 Å². The normalized spacial score (nSPS) is 26.8. The first-order chi connectivity index (χ1) is 9.13. The molecule has 1 fully saturated rings. The average Bonchev–Trinajstić information content (AvgIpc) is 2.42. The van der Waals surface area contributed by atoms with Gasteiger partial charge in [0.05, 0.1) is 19.9 Å². The lowest BCUT2D eigenvalue weighted by atomic mass is 9.80. The van der Waals surface area contributed by atoms with Crippen LogP contribution in [0.1, 0.15) is 33.1 Å². The Morgan fingerprint density at radius 3 is 2.53 bits per heavy atom. The van der Waals surface area contributed by atoms with Crippen LogP contribution in [0.5, 0.6) is 11.5 Å². The van der Waals surface area contributed by atoms with Crippen molar-refractivity contribution in [2.24, 2.45) is 11.8 Å². The zero-order chi connectivity index (χ0) is 13.8. The highest BCUT2D eigenvalue weighted by atomic mass is 16.5. The summed E-state index contributed by atoms with van der Waals surface area (Å²) < 4.78 is 10.7. The minimum absolute atomic E-state index is 0.540. The van der Waals surface area contributed by atoms with Crippen molar-refractivity contribution in [1.29, 1.82) is 0 Å². The Hall–Kier alpha value is -1.38. The lowest BCUT2D eigenvalue weighted by Gasteiger charge is -2.34.